The van der Waals surface area contributed by atoms with Gasteiger partial charge in [0.1, 0.15) is 5.60 Å². The van der Waals surface area contributed by atoms with Crippen molar-refractivity contribution in [1.82, 2.24) is 0 Å². The summed E-state index contributed by atoms with van der Waals surface area (Å²) in [6.45, 7) is 10.8. The van der Waals surface area contributed by atoms with E-state index in [1.807, 2.05) is 6.92 Å². The Hall–Kier alpha value is -1.35. The number of carbonyl (C=O) groups is 1. The predicted octanol–water partition coefficient (Wildman–Crippen LogP) is 5.04. The molecule has 0 aromatic carbocycles. The topological polar surface area (TPSA) is 49.8 Å². The molecule has 0 aromatic heterocycles. The highest BCUT2D eigenvalue weighted by Gasteiger charge is 2.73. The van der Waals surface area contributed by atoms with E-state index >= 15 is 0 Å². The van der Waals surface area contributed by atoms with Crippen LogP contribution in [0.3, 0.4) is 0 Å². The first kappa shape index (κ1) is 18.0. The lowest BCUT2D eigenvalue weighted by molar-refractivity contribution is -0.131. The Balaban J connectivity index is 1.97. The lowest BCUT2D eigenvalue weighted by Crippen LogP contribution is -2.41. The van der Waals surface area contributed by atoms with Crippen molar-refractivity contribution >= 4 is 5.97 Å². The van der Waals surface area contributed by atoms with Gasteiger partial charge < -0.3 is 9.84 Å². The van der Waals surface area contributed by atoms with Crippen molar-refractivity contribution < 1.29 is 14.6 Å². The normalized spacial score (nSPS) is 33.6. The molecule has 1 aliphatic heterocycles. The lowest BCUT2D eigenvalue weighted by atomic mass is 9.64. The second-order valence-corrected chi connectivity index (χ2v) is 7.96. The predicted molar refractivity (Wildman–Crippen MR) is 93.4 cm³/mol. The summed E-state index contributed by atoms with van der Waals surface area (Å²) in [7, 11) is 0. The number of allylic oxidation sites excluding steroid dienone is 4. The van der Waals surface area contributed by atoms with Crippen LogP contribution in [-0.2, 0) is 9.53 Å². The van der Waals surface area contributed by atoms with E-state index in [0.29, 0.717) is 0 Å². The molecular weight excluding hydrogens is 288 g/mol. The fraction of sp³-hybridized carbons (Fsp3) is 0.650. The first-order chi connectivity index (χ1) is 10.6. The van der Waals surface area contributed by atoms with Crippen LogP contribution in [0.1, 0.15) is 66.7 Å². The standard InChI is InChI=1S/C20H30O3/c1-15(8-6-9-16(2)14-17(21)22)10-13-20-18(3,4)11-7-12-19(20,5)23-20/h8,10,13-14H,6-7,9,11-12H2,1-5H3,(H,21,22)/b13-10+,15-8+,16-14+. The fourth-order valence-electron chi connectivity index (χ4n) is 4.04. The highest BCUT2D eigenvalue weighted by Crippen LogP contribution is 2.66. The van der Waals surface area contributed by atoms with Gasteiger partial charge in [-0.3, -0.25) is 0 Å². The zero-order valence-electron chi connectivity index (χ0n) is 15.1. The molecule has 0 radical (unpaired) electrons. The van der Waals surface area contributed by atoms with E-state index in [0.717, 1.165) is 24.8 Å². The van der Waals surface area contributed by atoms with Crippen molar-refractivity contribution in [2.75, 3.05) is 0 Å². The highest BCUT2D eigenvalue weighted by molar-refractivity contribution is 5.80. The number of carboxylic acid groups (broad SMARTS) is 1. The van der Waals surface area contributed by atoms with Crippen LogP contribution in [0.5, 0.6) is 0 Å². The van der Waals surface area contributed by atoms with Crippen molar-refractivity contribution in [1.29, 1.82) is 0 Å². The average molecular weight is 318 g/mol. The van der Waals surface area contributed by atoms with Crippen LogP contribution >= 0.6 is 0 Å². The minimum atomic E-state index is -0.869. The Labute approximate surface area is 140 Å². The first-order valence-corrected chi connectivity index (χ1v) is 8.58. The van der Waals surface area contributed by atoms with Crippen LogP contribution in [0.25, 0.3) is 0 Å². The number of epoxide rings is 1. The minimum Gasteiger partial charge on any atom is -0.478 e. The molecule has 128 valence electrons. The van der Waals surface area contributed by atoms with Gasteiger partial charge in [0.2, 0.25) is 0 Å². The number of ether oxygens (including phenoxy) is 1. The largest absolute Gasteiger partial charge is 0.478 e. The van der Waals surface area contributed by atoms with Gasteiger partial charge in [-0.05, 0) is 59.0 Å². The van der Waals surface area contributed by atoms with Crippen LogP contribution < -0.4 is 0 Å². The molecule has 3 nitrogen and oxygen atoms in total. The van der Waals surface area contributed by atoms with Crippen LogP contribution in [0.4, 0.5) is 0 Å². The number of fused-ring (bicyclic) bond motifs is 1. The van der Waals surface area contributed by atoms with Crippen LogP contribution in [0.2, 0.25) is 0 Å². The number of rotatable bonds is 6. The van der Waals surface area contributed by atoms with Gasteiger partial charge in [-0.15, -0.1) is 0 Å². The smallest absolute Gasteiger partial charge is 0.328 e. The maximum atomic E-state index is 10.6. The Morgan fingerprint density at radius 1 is 1.22 bits per heavy atom. The molecule has 0 bridgehead atoms. The van der Waals surface area contributed by atoms with Gasteiger partial charge in [0, 0.05) is 11.5 Å². The quantitative estimate of drug-likeness (QED) is 0.424. The van der Waals surface area contributed by atoms with E-state index in [9.17, 15) is 4.79 Å². The summed E-state index contributed by atoms with van der Waals surface area (Å²) in [4.78, 5) is 10.6. The second-order valence-electron chi connectivity index (χ2n) is 7.96. The van der Waals surface area contributed by atoms with Gasteiger partial charge in [-0.1, -0.05) is 37.1 Å². The number of carboxylic acids is 1. The van der Waals surface area contributed by atoms with Gasteiger partial charge in [0.15, 0.2) is 0 Å². The molecule has 0 amide bonds. The summed E-state index contributed by atoms with van der Waals surface area (Å²) in [5, 5.41) is 8.71. The lowest BCUT2D eigenvalue weighted by Gasteiger charge is -2.36. The molecule has 0 spiro atoms. The summed E-state index contributed by atoms with van der Waals surface area (Å²) in [5.74, 6) is -0.869. The number of aliphatic carboxylic acids is 1. The molecule has 2 aliphatic rings. The summed E-state index contributed by atoms with van der Waals surface area (Å²) >= 11 is 0. The molecule has 2 rings (SSSR count). The Kier molecular flexibility index (Phi) is 4.91. The van der Waals surface area contributed by atoms with E-state index in [2.05, 4.69) is 45.9 Å². The molecule has 2 fully saturated rings. The number of hydrogen-bond acceptors (Lipinski definition) is 2. The fourth-order valence-corrected chi connectivity index (χ4v) is 4.04. The Morgan fingerprint density at radius 3 is 2.52 bits per heavy atom. The van der Waals surface area contributed by atoms with Crippen molar-refractivity contribution in [2.24, 2.45) is 5.41 Å². The van der Waals surface area contributed by atoms with Gasteiger partial charge in [0.25, 0.3) is 0 Å². The SMILES string of the molecule is CC(/C=C/C12OC1(C)CCCC2(C)C)=C\CC/C(C)=C/C(=O)O. The maximum Gasteiger partial charge on any atom is 0.328 e. The van der Waals surface area contributed by atoms with E-state index in [1.54, 1.807) is 0 Å². The molecule has 1 aliphatic carbocycles. The molecule has 1 N–H and O–H groups in total. The third kappa shape index (κ3) is 3.60. The average Bonchev–Trinajstić information content (AvgIpc) is 3.03. The maximum absolute atomic E-state index is 10.6. The van der Waals surface area contributed by atoms with Gasteiger partial charge in [0.05, 0.1) is 5.60 Å². The van der Waals surface area contributed by atoms with Crippen molar-refractivity contribution in [3.05, 3.63) is 35.5 Å². The van der Waals surface area contributed by atoms with E-state index in [1.165, 1.54) is 24.5 Å². The van der Waals surface area contributed by atoms with Gasteiger partial charge in [-0.2, -0.15) is 0 Å². The molecule has 1 saturated heterocycles. The summed E-state index contributed by atoms with van der Waals surface area (Å²) in [6, 6.07) is 0. The van der Waals surface area contributed by atoms with Gasteiger partial charge >= 0.3 is 5.97 Å². The highest BCUT2D eigenvalue weighted by atomic mass is 16.6. The van der Waals surface area contributed by atoms with Crippen molar-refractivity contribution in [2.45, 2.75) is 77.9 Å². The Morgan fingerprint density at radius 2 is 1.91 bits per heavy atom. The van der Waals surface area contributed by atoms with Crippen molar-refractivity contribution in [3.8, 4) is 0 Å². The minimum absolute atomic E-state index is 0.00629. The summed E-state index contributed by atoms with van der Waals surface area (Å²) in [6.07, 6.45) is 13.1. The molecule has 0 aromatic rings. The molecule has 23 heavy (non-hydrogen) atoms. The molecule has 3 heteroatoms. The molecular formula is C20H30O3. The molecule has 2 unspecified atom stereocenters. The summed E-state index contributed by atoms with van der Waals surface area (Å²) < 4.78 is 6.22. The van der Waals surface area contributed by atoms with E-state index in [-0.39, 0.29) is 16.6 Å². The Bertz CT molecular complexity index is 567. The van der Waals surface area contributed by atoms with Crippen LogP contribution in [0, 0.1) is 5.41 Å². The first-order valence-electron chi connectivity index (χ1n) is 8.58. The van der Waals surface area contributed by atoms with Crippen LogP contribution in [0.15, 0.2) is 35.5 Å². The van der Waals surface area contributed by atoms with E-state index < -0.39 is 5.97 Å². The zero-order chi connectivity index (χ0) is 17.3. The van der Waals surface area contributed by atoms with Gasteiger partial charge in [-0.25, -0.2) is 4.79 Å². The monoisotopic (exact) mass is 318 g/mol. The molecule has 1 saturated carbocycles. The molecule has 1 heterocycles. The second kappa shape index (κ2) is 6.27. The molecule has 2 atom stereocenters. The van der Waals surface area contributed by atoms with Crippen LogP contribution in [-0.4, -0.2) is 22.3 Å². The zero-order valence-corrected chi connectivity index (χ0v) is 15.1. The van der Waals surface area contributed by atoms with Crippen molar-refractivity contribution in [3.63, 3.8) is 0 Å². The third-order valence-corrected chi connectivity index (χ3v) is 5.55. The summed E-state index contributed by atoms with van der Waals surface area (Å²) in [5.41, 5.74) is 2.17. The third-order valence-electron chi connectivity index (χ3n) is 5.55. The van der Waals surface area contributed by atoms with E-state index in [4.69, 9.17) is 9.84 Å². The number of hydrogen-bond donors (Lipinski definition) is 1.